The van der Waals surface area contributed by atoms with Gasteiger partial charge in [-0.25, -0.2) is 0 Å². The lowest BCUT2D eigenvalue weighted by Gasteiger charge is -2.22. The van der Waals surface area contributed by atoms with Crippen LogP contribution in [0.25, 0.3) is 0 Å². The summed E-state index contributed by atoms with van der Waals surface area (Å²) in [6, 6.07) is 10.2. The van der Waals surface area contributed by atoms with Gasteiger partial charge in [-0.1, -0.05) is 30.3 Å². The van der Waals surface area contributed by atoms with Gasteiger partial charge in [-0.15, -0.1) is 0 Å². The number of aliphatic hydroxyl groups is 1. The van der Waals surface area contributed by atoms with E-state index < -0.39 is 18.2 Å². The van der Waals surface area contributed by atoms with Crippen molar-refractivity contribution in [3.05, 3.63) is 35.9 Å². The first-order valence-electron chi connectivity index (χ1n) is 6.78. The second-order valence-electron chi connectivity index (χ2n) is 5.66. The van der Waals surface area contributed by atoms with Crippen molar-refractivity contribution in [3.8, 4) is 0 Å². The van der Waals surface area contributed by atoms with Crippen LogP contribution in [-0.4, -0.2) is 35.5 Å². The van der Waals surface area contributed by atoms with Crippen LogP contribution >= 0.6 is 0 Å². The molecule has 0 spiro atoms. The molecule has 1 N–H and O–H groups in total. The fraction of sp³-hybridized carbons (Fsp3) is 0.600. The Morgan fingerprint density at radius 3 is 2.58 bits per heavy atom. The molecule has 2 aliphatic heterocycles. The summed E-state index contributed by atoms with van der Waals surface area (Å²) in [5.74, 6) is -0.666. The Labute approximate surface area is 113 Å². The highest BCUT2D eigenvalue weighted by molar-refractivity contribution is 5.15. The zero-order valence-electron chi connectivity index (χ0n) is 11.3. The number of ether oxygens (including phenoxy) is 3. The van der Waals surface area contributed by atoms with E-state index in [1.54, 1.807) is 0 Å². The van der Waals surface area contributed by atoms with Crippen molar-refractivity contribution < 1.29 is 19.3 Å². The normalized spacial score (nSPS) is 36.4. The van der Waals surface area contributed by atoms with Crippen molar-refractivity contribution in [1.29, 1.82) is 0 Å². The second-order valence-corrected chi connectivity index (χ2v) is 5.66. The van der Waals surface area contributed by atoms with Gasteiger partial charge in [0.1, 0.15) is 12.2 Å². The zero-order chi connectivity index (χ0) is 13.5. The first-order valence-corrected chi connectivity index (χ1v) is 6.78. The molecule has 2 unspecified atom stereocenters. The topological polar surface area (TPSA) is 47.9 Å². The van der Waals surface area contributed by atoms with E-state index in [1.807, 2.05) is 32.0 Å². The van der Waals surface area contributed by atoms with Crippen molar-refractivity contribution in [2.75, 3.05) is 0 Å². The number of hydrogen-bond acceptors (Lipinski definition) is 4. The van der Waals surface area contributed by atoms with Gasteiger partial charge in [0.25, 0.3) is 0 Å². The van der Waals surface area contributed by atoms with E-state index >= 15 is 0 Å². The van der Waals surface area contributed by atoms with Gasteiger partial charge in [0.15, 0.2) is 12.1 Å². The highest BCUT2D eigenvalue weighted by atomic mass is 16.8. The molecule has 2 aliphatic rings. The first kappa shape index (κ1) is 13.1. The molecule has 3 rings (SSSR count). The fourth-order valence-electron chi connectivity index (χ4n) is 2.75. The van der Waals surface area contributed by atoms with E-state index in [2.05, 4.69) is 12.1 Å². The average molecular weight is 264 g/mol. The van der Waals surface area contributed by atoms with Crippen molar-refractivity contribution in [1.82, 2.24) is 0 Å². The van der Waals surface area contributed by atoms with Crippen molar-refractivity contribution in [3.63, 3.8) is 0 Å². The molecule has 4 heteroatoms. The molecule has 0 aliphatic carbocycles. The minimum absolute atomic E-state index is 0.216. The summed E-state index contributed by atoms with van der Waals surface area (Å²) >= 11 is 0. The van der Waals surface area contributed by atoms with E-state index in [-0.39, 0.29) is 12.2 Å². The lowest BCUT2D eigenvalue weighted by Crippen LogP contribution is -2.34. The Bertz CT molecular complexity index is 431. The van der Waals surface area contributed by atoms with Crippen LogP contribution in [0, 0.1) is 0 Å². The predicted molar refractivity (Wildman–Crippen MR) is 69.5 cm³/mol. The molecule has 4 atom stereocenters. The highest BCUT2D eigenvalue weighted by Crippen LogP contribution is 2.38. The first-order chi connectivity index (χ1) is 9.05. The molecular weight excluding hydrogens is 244 g/mol. The van der Waals surface area contributed by atoms with Crippen molar-refractivity contribution in [2.24, 2.45) is 0 Å². The van der Waals surface area contributed by atoms with Crippen LogP contribution in [0.3, 0.4) is 0 Å². The molecule has 2 heterocycles. The molecular formula is C15H20O4. The van der Waals surface area contributed by atoms with Crippen LogP contribution in [-0.2, 0) is 20.6 Å². The van der Waals surface area contributed by atoms with Gasteiger partial charge in [-0.3, -0.25) is 0 Å². The van der Waals surface area contributed by atoms with Crippen LogP contribution in [0.1, 0.15) is 25.8 Å². The molecule has 1 aromatic carbocycles. The van der Waals surface area contributed by atoms with Gasteiger partial charge in [-0.05, 0) is 32.3 Å². The average Bonchev–Trinajstić information content (AvgIpc) is 2.83. The predicted octanol–water partition coefficient (Wildman–Crippen LogP) is 1.86. The molecule has 104 valence electrons. The molecule has 0 amide bonds. The molecule has 2 saturated heterocycles. The molecule has 0 bridgehead atoms. The molecule has 4 nitrogen and oxygen atoms in total. The summed E-state index contributed by atoms with van der Waals surface area (Å²) in [6.07, 6.45) is 0.0137. The standard InChI is InChI=1S/C15H20O4/c1-15(2)18-13-12(16)11(17-14(13)19-15)9-8-10-6-4-3-5-7-10/h3-7,11-14,16H,8-9H2,1-2H3/t11-,12?,13?,14+/m0/s1. The second kappa shape index (κ2) is 4.87. The Morgan fingerprint density at radius 2 is 1.89 bits per heavy atom. The quantitative estimate of drug-likeness (QED) is 0.905. The molecule has 2 fully saturated rings. The highest BCUT2D eigenvalue weighted by Gasteiger charge is 2.53. The monoisotopic (exact) mass is 264 g/mol. The van der Waals surface area contributed by atoms with E-state index in [0.29, 0.717) is 0 Å². The number of hydrogen-bond donors (Lipinski definition) is 1. The number of fused-ring (bicyclic) bond motifs is 1. The zero-order valence-corrected chi connectivity index (χ0v) is 11.3. The van der Waals surface area contributed by atoms with Gasteiger partial charge in [-0.2, -0.15) is 0 Å². The van der Waals surface area contributed by atoms with Crippen LogP contribution in [0.2, 0.25) is 0 Å². The van der Waals surface area contributed by atoms with E-state index in [4.69, 9.17) is 14.2 Å². The minimum Gasteiger partial charge on any atom is -0.387 e. The van der Waals surface area contributed by atoms with Gasteiger partial charge in [0.2, 0.25) is 0 Å². The van der Waals surface area contributed by atoms with Crippen molar-refractivity contribution in [2.45, 2.75) is 57.1 Å². The van der Waals surface area contributed by atoms with Crippen LogP contribution in [0.5, 0.6) is 0 Å². The summed E-state index contributed by atoms with van der Waals surface area (Å²) in [6.45, 7) is 3.67. The van der Waals surface area contributed by atoms with Gasteiger partial charge < -0.3 is 19.3 Å². The summed E-state index contributed by atoms with van der Waals surface area (Å²) < 4.78 is 17.0. The summed E-state index contributed by atoms with van der Waals surface area (Å²) in [7, 11) is 0. The third-order valence-corrected chi connectivity index (χ3v) is 3.67. The third-order valence-electron chi connectivity index (χ3n) is 3.67. The molecule has 0 aromatic heterocycles. The number of aryl methyl sites for hydroxylation is 1. The third kappa shape index (κ3) is 2.67. The minimum atomic E-state index is -0.666. The van der Waals surface area contributed by atoms with E-state index in [0.717, 1.165) is 12.8 Å². The molecule has 1 aromatic rings. The van der Waals surface area contributed by atoms with Crippen LogP contribution in [0.4, 0.5) is 0 Å². The van der Waals surface area contributed by atoms with E-state index in [1.165, 1.54) is 5.56 Å². The van der Waals surface area contributed by atoms with Crippen molar-refractivity contribution >= 4 is 0 Å². The van der Waals surface area contributed by atoms with E-state index in [9.17, 15) is 5.11 Å². The molecule has 19 heavy (non-hydrogen) atoms. The summed E-state index contributed by atoms with van der Waals surface area (Å²) in [5.41, 5.74) is 1.25. The number of benzene rings is 1. The Kier molecular flexibility index (Phi) is 3.35. The maximum atomic E-state index is 10.2. The molecule has 0 saturated carbocycles. The SMILES string of the molecule is CC1(C)OC2C(O)[C@H](CCc3ccccc3)O[C@@H]2O1. The molecule has 0 radical (unpaired) electrons. The largest absolute Gasteiger partial charge is 0.387 e. The van der Waals surface area contributed by atoms with Gasteiger partial charge in [0, 0.05) is 0 Å². The lowest BCUT2D eigenvalue weighted by molar-refractivity contribution is -0.215. The van der Waals surface area contributed by atoms with Gasteiger partial charge in [0.05, 0.1) is 6.10 Å². The maximum absolute atomic E-state index is 10.2. The summed E-state index contributed by atoms with van der Waals surface area (Å²) in [4.78, 5) is 0. The fourth-order valence-corrected chi connectivity index (χ4v) is 2.75. The van der Waals surface area contributed by atoms with Crippen LogP contribution in [0.15, 0.2) is 30.3 Å². The number of aliphatic hydroxyl groups excluding tert-OH is 1. The Balaban J connectivity index is 1.57. The lowest BCUT2D eigenvalue weighted by atomic mass is 10.0. The maximum Gasteiger partial charge on any atom is 0.190 e. The Morgan fingerprint density at radius 1 is 1.16 bits per heavy atom. The Hall–Kier alpha value is -0.940. The van der Waals surface area contributed by atoms with Gasteiger partial charge >= 0.3 is 0 Å². The number of rotatable bonds is 3. The summed E-state index contributed by atoms with van der Waals surface area (Å²) in [5, 5.41) is 10.2. The smallest absolute Gasteiger partial charge is 0.190 e. The van der Waals surface area contributed by atoms with Crippen LogP contribution < -0.4 is 0 Å².